The Morgan fingerprint density at radius 1 is 1.08 bits per heavy atom. The van der Waals surface area contributed by atoms with E-state index < -0.39 is 0 Å². The van der Waals surface area contributed by atoms with Gasteiger partial charge in [0, 0.05) is 17.9 Å². The van der Waals surface area contributed by atoms with Crippen LogP contribution in [0.5, 0.6) is 5.75 Å². The first-order chi connectivity index (χ1) is 11.8. The number of halogens is 2. The fourth-order valence-electron chi connectivity index (χ4n) is 2.19. The highest BCUT2D eigenvalue weighted by Gasteiger charge is 2.15. The van der Waals surface area contributed by atoms with Crippen molar-refractivity contribution in [2.45, 2.75) is 20.3 Å². The van der Waals surface area contributed by atoms with Crippen molar-refractivity contribution in [2.24, 2.45) is 5.92 Å². The molecule has 0 saturated carbocycles. The molecule has 2 aromatic rings. The summed E-state index contributed by atoms with van der Waals surface area (Å²) in [6.07, 6.45) is 0.181. The van der Waals surface area contributed by atoms with Gasteiger partial charge >= 0.3 is 0 Å². The number of benzene rings is 2. The van der Waals surface area contributed by atoms with E-state index in [0.717, 1.165) is 5.56 Å². The Morgan fingerprint density at radius 2 is 1.80 bits per heavy atom. The second-order valence-corrected chi connectivity index (χ2v) is 6.72. The highest BCUT2D eigenvalue weighted by molar-refractivity contribution is 6.42. The van der Waals surface area contributed by atoms with E-state index in [4.69, 9.17) is 27.9 Å². The summed E-state index contributed by atoms with van der Waals surface area (Å²) < 4.78 is 5.25. The first-order valence-corrected chi connectivity index (χ1v) is 8.53. The van der Waals surface area contributed by atoms with Gasteiger partial charge < -0.3 is 10.1 Å². The lowest BCUT2D eigenvalue weighted by Gasteiger charge is -2.13. The van der Waals surface area contributed by atoms with Crippen LogP contribution in [0.4, 0.5) is 5.69 Å². The number of hydrogen-bond acceptors (Lipinski definition) is 3. The Labute approximate surface area is 157 Å². The fourth-order valence-corrected chi connectivity index (χ4v) is 2.51. The standard InChI is InChI=1S/C19H19Cl2NO3/c1-11(2)19(24)22-16-10-13(5-7-18(16)25-3)17(23)9-12-4-6-14(20)15(21)8-12/h4-8,10-11H,9H2,1-3H3,(H,22,24). The Bertz CT molecular complexity index is 803. The van der Waals surface area contributed by atoms with Gasteiger partial charge in [-0.2, -0.15) is 0 Å². The zero-order valence-corrected chi connectivity index (χ0v) is 15.7. The van der Waals surface area contributed by atoms with Gasteiger partial charge in [-0.25, -0.2) is 0 Å². The topological polar surface area (TPSA) is 55.4 Å². The van der Waals surface area contributed by atoms with Crippen LogP contribution in [0.1, 0.15) is 29.8 Å². The normalized spacial score (nSPS) is 10.6. The Hall–Kier alpha value is -2.04. The molecule has 6 heteroatoms. The number of nitrogens with one attached hydrogen (secondary N) is 1. The molecule has 0 aliphatic rings. The molecule has 25 heavy (non-hydrogen) atoms. The monoisotopic (exact) mass is 379 g/mol. The van der Waals surface area contributed by atoms with Gasteiger partial charge in [0.15, 0.2) is 5.78 Å². The lowest BCUT2D eigenvalue weighted by atomic mass is 10.0. The molecule has 1 N–H and O–H groups in total. The largest absolute Gasteiger partial charge is 0.495 e. The van der Waals surface area contributed by atoms with Crippen molar-refractivity contribution in [3.05, 3.63) is 57.6 Å². The van der Waals surface area contributed by atoms with E-state index in [1.54, 1.807) is 50.2 Å². The number of hydrogen-bond donors (Lipinski definition) is 1. The van der Waals surface area contributed by atoms with Gasteiger partial charge in [0.1, 0.15) is 5.75 Å². The summed E-state index contributed by atoms with van der Waals surface area (Å²) in [7, 11) is 1.51. The predicted octanol–water partition coefficient (Wildman–Crippen LogP) is 5.02. The van der Waals surface area contributed by atoms with Gasteiger partial charge in [-0.3, -0.25) is 9.59 Å². The van der Waals surface area contributed by atoms with E-state index in [0.29, 0.717) is 27.0 Å². The number of rotatable bonds is 6. The molecular formula is C19H19Cl2NO3. The van der Waals surface area contributed by atoms with Crippen LogP contribution in [0.3, 0.4) is 0 Å². The lowest BCUT2D eigenvalue weighted by Crippen LogP contribution is -2.18. The minimum Gasteiger partial charge on any atom is -0.495 e. The number of methoxy groups -OCH3 is 1. The van der Waals surface area contributed by atoms with Crippen molar-refractivity contribution >= 4 is 40.6 Å². The van der Waals surface area contributed by atoms with Crippen molar-refractivity contribution in [1.82, 2.24) is 0 Å². The van der Waals surface area contributed by atoms with Crippen LogP contribution in [0, 0.1) is 5.92 Å². The molecule has 0 aliphatic heterocycles. The number of Topliss-reactive ketones (excluding diaryl/α,β-unsaturated/α-hetero) is 1. The van der Waals surface area contributed by atoms with E-state index in [-0.39, 0.29) is 24.0 Å². The molecule has 0 atom stereocenters. The predicted molar refractivity (Wildman–Crippen MR) is 101 cm³/mol. The van der Waals surface area contributed by atoms with Gasteiger partial charge in [0.2, 0.25) is 5.91 Å². The maximum Gasteiger partial charge on any atom is 0.227 e. The van der Waals surface area contributed by atoms with Gasteiger partial charge in [0.05, 0.1) is 22.8 Å². The van der Waals surface area contributed by atoms with Crippen LogP contribution in [0.15, 0.2) is 36.4 Å². The van der Waals surface area contributed by atoms with Crippen LogP contribution >= 0.6 is 23.2 Å². The number of ketones is 1. The Morgan fingerprint density at radius 3 is 2.40 bits per heavy atom. The maximum atomic E-state index is 12.6. The van der Waals surface area contributed by atoms with Crippen molar-refractivity contribution in [1.29, 1.82) is 0 Å². The number of carbonyl (C=O) groups is 2. The lowest BCUT2D eigenvalue weighted by molar-refractivity contribution is -0.118. The molecule has 0 unspecified atom stereocenters. The van der Waals surface area contributed by atoms with Crippen molar-refractivity contribution in [2.75, 3.05) is 12.4 Å². The van der Waals surface area contributed by atoms with Crippen molar-refractivity contribution in [3.8, 4) is 5.75 Å². The van der Waals surface area contributed by atoms with Crippen LogP contribution < -0.4 is 10.1 Å². The van der Waals surface area contributed by atoms with E-state index in [1.807, 2.05) is 0 Å². The third-order valence-electron chi connectivity index (χ3n) is 3.65. The molecule has 132 valence electrons. The highest BCUT2D eigenvalue weighted by Crippen LogP contribution is 2.27. The van der Waals surface area contributed by atoms with E-state index in [2.05, 4.69) is 5.32 Å². The SMILES string of the molecule is COc1ccc(C(=O)Cc2ccc(Cl)c(Cl)c2)cc1NC(=O)C(C)C. The molecular weight excluding hydrogens is 361 g/mol. The fraction of sp³-hybridized carbons (Fsp3) is 0.263. The molecule has 0 bridgehead atoms. The highest BCUT2D eigenvalue weighted by atomic mass is 35.5. The zero-order valence-electron chi connectivity index (χ0n) is 14.2. The van der Waals surface area contributed by atoms with Crippen LogP contribution in [-0.4, -0.2) is 18.8 Å². The molecule has 0 aliphatic carbocycles. The van der Waals surface area contributed by atoms with E-state index in [1.165, 1.54) is 7.11 Å². The molecule has 0 radical (unpaired) electrons. The second kappa shape index (κ2) is 8.37. The quantitative estimate of drug-likeness (QED) is 0.716. The third kappa shape index (κ3) is 4.97. The van der Waals surface area contributed by atoms with Crippen LogP contribution in [0.2, 0.25) is 10.0 Å². The maximum absolute atomic E-state index is 12.6. The molecule has 1 amide bonds. The average Bonchev–Trinajstić information content (AvgIpc) is 2.58. The first-order valence-electron chi connectivity index (χ1n) is 7.78. The summed E-state index contributed by atoms with van der Waals surface area (Å²) in [6.45, 7) is 3.59. The van der Waals surface area contributed by atoms with Crippen LogP contribution in [-0.2, 0) is 11.2 Å². The molecule has 2 rings (SSSR count). The second-order valence-electron chi connectivity index (χ2n) is 5.91. The molecule has 0 spiro atoms. The summed E-state index contributed by atoms with van der Waals surface area (Å²) in [5, 5.41) is 3.64. The summed E-state index contributed by atoms with van der Waals surface area (Å²) in [5.41, 5.74) is 1.72. The molecule has 0 aromatic heterocycles. The van der Waals surface area contributed by atoms with Gasteiger partial charge in [-0.05, 0) is 35.9 Å². The van der Waals surface area contributed by atoms with E-state index >= 15 is 0 Å². The number of amides is 1. The van der Waals surface area contributed by atoms with Crippen LogP contribution in [0.25, 0.3) is 0 Å². The van der Waals surface area contributed by atoms with E-state index in [9.17, 15) is 9.59 Å². The molecule has 0 fully saturated rings. The van der Waals surface area contributed by atoms with Crippen molar-refractivity contribution < 1.29 is 14.3 Å². The number of carbonyl (C=O) groups excluding carboxylic acids is 2. The summed E-state index contributed by atoms with van der Waals surface area (Å²) in [4.78, 5) is 24.5. The Kier molecular flexibility index (Phi) is 6.45. The average molecular weight is 380 g/mol. The van der Waals surface area contributed by atoms with Crippen molar-refractivity contribution in [3.63, 3.8) is 0 Å². The summed E-state index contributed by atoms with van der Waals surface area (Å²) in [5.74, 6) is 0.0776. The Balaban J connectivity index is 2.24. The number of ether oxygens (including phenoxy) is 1. The van der Waals surface area contributed by atoms with Gasteiger partial charge in [-0.1, -0.05) is 43.1 Å². The van der Waals surface area contributed by atoms with Gasteiger partial charge in [0.25, 0.3) is 0 Å². The molecule has 0 heterocycles. The first kappa shape index (κ1) is 19.3. The molecule has 0 saturated heterocycles. The summed E-state index contributed by atoms with van der Waals surface area (Å²) in [6, 6.07) is 10.1. The van der Waals surface area contributed by atoms with Gasteiger partial charge in [-0.15, -0.1) is 0 Å². The number of anilines is 1. The molecule has 4 nitrogen and oxygen atoms in total. The zero-order chi connectivity index (χ0) is 18.6. The molecule has 2 aromatic carbocycles. The minimum atomic E-state index is -0.180. The summed E-state index contributed by atoms with van der Waals surface area (Å²) >= 11 is 11.9. The smallest absolute Gasteiger partial charge is 0.227 e. The third-order valence-corrected chi connectivity index (χ3v) is 4.39. The minimum absolute atomic E-state index is 0.0962.